The fourth-order valence-electron chi connectivity index (χ4n) is 0.0546. The van der Waals surface area contributed by atoms with Crippen LogP contribution in [0.25, 0.3) is 0 Å². The summed E-state index contributed by atoms with van der Waals surface area (Å²) in [6, 6.07) is 0. The van der Waals surface area contributed by atoms with Gasteiger partial charge in [0.05, 0.1) is 7.11 Å². The lowest BCUT2D eigenvalue weighted by Crippen LogP contribution is -1.99. The van der Waals surface area contributed by atoms with Crippen LogP contribution in [0.3, 0.4) is 0 Å². The van der Waals surface area contributed by atoms with E-state index in [0.717, 1.165) is 0 Å². The highest BCUT2D eigenvalue weighted by Crippen LogP contribution is 1.79. The van der Waals surface area contributed by atoms with E-state index < -0.39 is 0 Å². The predicted molar refractivity (Wildman–Crippen MR) is 25.8 cm³/mol. The summed E-state index contributed by atoms with van der Waals surface area (Å²) in [5, 5.41) is 0.281. The van der Waals surface area contributed by atoms with E-state index in [-0.39, 0.29) is 11.3 Å². The molecule has 0 N–H and O–H groups in total. The Labute approximate surface area is 44.6 Å². The van der Waals surface area contributed by atoms with Crippen LogP contribution in [0.5, 0.6) is 0 Å². The first-order valence-electron chi connectivity index (χ1n) is 1.44. The largest absolute Gasteiger partial charge is 0.468 e. The van der Waals surface area contributed by atoms with Crippen molar-refractivity contribution in [2.24, 2.45) is 0 Å². The second-order valence-corrected chi connectivity index (χ2v) is 1.27. The molecule has 0 radical (unpaired) electrons. The third-order valence-electron chi connectivity index (χ3n) is 0.337. The molecular weight excluding hydrogens is 150 g/mol. The number of methoxy groups -OCH3 is 1. The van der Waals surface area contributed by atoms with Crippen molar-refractivity contribution in [3.05, 3.63) is 0 Å². The second kappa shape index (κ2) is 3.15. The van der Waals surface area contributed by atoms with E-state index in [1.165, 1.54) is 7.11 Å². The molecule has 0 spiro atoms. The number of rotatable bonds is 1. The Hall–Kier alpha value is -0.0500. The normalized spacial score (nSPS) is 7.67. The van der Waals surface area contributed by atoms with E-state index in [0.29, 0.717) is 0 Å². The zero-order chi connectivity index (χ0) is 4.99. The van der Waals surface area contributed by atoms with Crippen LogP contribution < -0.4 is 0 Å². The molecule has 0 aromatic carbocycles. The lowest BCUT2D eigenvalue weighted by molar-refractivity contribution is -0.137. The summed E-state index contributed by atoms with van der Waals surface area (Å²) in [4.78, 5) is 9.91. The summed E-state index contributed by atoms with van der Waals surface area (Å²) in [6.07, 6.45) is 0. The number of hydrogen-bond donors (Lipinski definition) is 0. The van der Waals surface area contributed by atoms with Gasteiger partial charge in [0.2, 0.25) is 0 Å². The van der Waals surface area contributed by atoms with Gasteiger partial charge in [0.25, 0.3) is 0 Å². The quantitative estimate of drug-likeness (QED) is 0.408. The number of hydrogen-bond acceptors (Lipinski definition) is 2. The van der Waals surface area contributed by atoms with E-state index in [1.54, 1.807) is 0 Å². The van der Waals surface area contributed by atoms with Crippen LogP contribution in [0.4, 0.5) is 0 Å². The fraction of sp³-hybridized carbons (Fsp3) is 0.667. The van der Waals surface area contributed by atoms with Crippen molar-refractivity contribution in [3.63, 3.8) is 0 Å². The number of esters is 1. The zero-order valence-electron chi connectivity index (χ0n) is 3.40. The molecule has 6 heavy (non-hydrogen) atoms. The molecule has 0 aliphatic heterocycles. The van der Waals surface area contributed by atoms with Crippen LogP contribution >= 0.6 is 15.9 Å². The van der Waals surface area contributed by atoms with Crippen molar-refractivity contribution >= 4 is 21.9 Å². The molecule has 0 heterocycles. The Morgan fingerprint density at radius 1 is 2.00 bits per heavy atom. The van der Waals surface area contributed by atoms with Gasteiger partial charge in [-0.1, -0.05) is 15.9 Å². The molecule has 0 amide bonds. The van der Waals surface area contributed by atoms with Crippen molar-refractivity contribution in [3.8, 4) is 0 Å². The molecular formula is C3H5BrO2. The van der Waals surface area contributed by atoms with Gasteiger partial charge >= 0.3 is 5.97 Å². The second-order valence-electron chi connectivity index (χ2n) is 0.710. The first-order valence-corrected chi connectivity index (χ1v) is 2.56. The minimum atomic E-state index is -0.241. The van der Waals surface area contributed by atoms with Gasteiger partial charge in [-0.25, -0.2) is 0 Å². The summed E-state index contributed by atoms with van der Waals surface area (Å²) in [5.74, 6) is -0.241. The van der Waals surface area contributed by atoms with E-state index in [9.17, 15) is 4.79 Å². The SMILES string of the molecule is COC(=O)[14CH2]Br. The van der Waals surface area contributed by atoms with Gasteiger partial charge in [-0.3, -0.25) is 4.79 Å². The molecule has 0 atom stereocenters. The summed E-state index contributed by atoms with van der Waals surface area (Å²) in [7, 11) is 1.35. The maximum Gasteiger partial charge on any atom is 0.316 e. The van der Waals surface area contributed by atoms with Gasteiger partial charge in [-0.05, 0) is 0 Å². The molecule has 0 rings (SSSR count). The predicted octanol–water partition coefficient (Wildman–Crippen LogP) is 0.554. The van der Waals surface area contributed by atoms with Gasteiger partial charge in [-0.15, -0.1) is 0 Å². The molecule has 0 unspecified atom stereocenters. The van der Waals surface area contributed by atoms with E-state index >= 15 is 0 Å². The Bertz CT molecular complexity index is 46.8. The molecule has 0 saturated heterocycles. The summed E-state index contributed by atoms with van der Waals surface area (Å²) in [6.45, 7) is 0. The number of ether oxygens (including phenoxy) is 1. The molecule has 0 bridgehead atoms. The van der Waals surface area contributed by atoms with Gasteiger partial charge in [0.1, 0.15) is 5.33 Å². The standard InChI is InChI=1S/C3H5BrO2/c1-6-3(5)2-4/h2H2,1H3/i2+2. The molecule has 0 aliphatic rings. The maximum absolute atomic E-state index is 9.91. The van der Waals surface area contributed by atoms with Crippen LogP contribution in [-0.4, -0.2) is 18.4 Å². The number of alkyl halides is 1. The Kier molecular flexibility index (Phi) is 3.13. The molecule has 0 saturated carbocycles. The number of carbonyl (C=O) groups excluding carboxylic acids is 1. The Morgan fingerprint density at radius 3 is 2.50 bits per heavy atom. The number of halogens is 1. The van der Waals surface area contributed by atoms with E-state index in [2.05, 4.69) is 20.7 Å². The topological polar surface area (TPSA) is 26.3 Å². The third kappa shape index (κ3) is 2.20. The van der Waals surface area contributed by atoms with Gasteiger partial charge in [0, 0.05) is 0 Å². The van der Waals surface area contributed by atoms with E-state index in [4.69, 9.17) is 0 Å². The Balaban J connectivity index is 2.99. The first-order chi connectivity index (χ1) is 2.81. The Morgan fingerprint density at radius 2 is 2.50 bits per heavy atom. The molecule has 3 heteroatoms. The van der Waals surface area contributed by atoms with Crippen molar-refractivity contribution in [1.29, 1.82) is 0 Å². The molecule has 0 fully saturated rings. The van der Waals surface area contributed by atoms with Crippen molar-refractivity contribution in [2.75, 3.05) is 12.4 Å². The van der Waals surface area contributed by atoms with Crippen LogP contribution in [0.1, 0.15) is 0 Å². The molecule has 0 aliphatic carbocycles. The molecule has 0 aromatic heterocycles. The molecule has 36 valence electrons. The van der Waals surface area contributed by atoms with E-state index in [1.807, 2.05) is 0 Å². The van der Waals surface area contributed by atoms with Gasteiger partial charge < -0.3 is 4.74 Å². The zero-order valence-corrected chi connectivity index (χ0v) is 4.99. The van der Waals surface area contributed by atoms with Crippen LogP contribution in [0, 0.1) is 0 Å². The maximum atomic E-state index is 9.91. The average Bonchev–Trinajstić information content (AvgIpc) is 1.65. The lowest BCUT2D eigenvalue weighted by Gasteiger charge is -1.86. The van der Waals surface area contributed by atoms with Crippen LogP contribution in [0.15, 0.2) is 0 Å². The molecule has 2 nitrogen and oxygen atoms in total. The third-order valence-corrected chi connectivity index (χ3v) is 0.795. The highest BCUT2D eigenvalue weighted by atomic mass is 79.9. The highest BCUT2D eigenvalue weighted by molar-refractivity contribution is 9.09. The van der Waals surface area contributed by atoms with Gasteiger partial charge in [0.15, 0.2) is 0 Å². The van der Waals surface area contributed by atoms with Crippen molar-refractivity contribution < 1.29 is 9.53 Å². The highest BCUT2D eigenvalue weighted by Gasteiger charge is 1.89. The molecule has 0 aromatic rings. The fourth-order valence-corrected chi connectivity index (χ4v) is 0.283. The summed E-state index contributed by atoms with van der Waals surface area (Å²) in [5.41, 5.74) is 0. The summed E-state index contributed by atoms with van der Waals surface area (Å²) >= 11 is 2.90. The minimum absolute atomic E-state index is 0.241. The minimum Gasteiger partial charge on any atom is -0.468 e. The van der Waals surface area contributed by atoms with Crippen LogP contribution in [-0.2, 0) is 9.53 Å². The first kappa shape index (κ1) is 5.95. The smallest absolute Gasteiger partial charge is 0.316 e. The van der Waals surface area contributed by atoms with Crippen molar-refractivity contribution in [2.45, 2.75) is 0 Å². The van der Waals surface area contributed by atoms with Crippen molar-refractivity contribution in [1.82, 2.24) is 0 Å². The number of carbonyl (C=O) groups is 1. The summed E-state index contributed by atoms with van der Waals surface area (Å²) < 4.78 is 4.21. The lowest BCUT2D eigenvalue weighted by atomic mass is 11.3. The monoisotopic (exact) mass is 154 g/mol. The van der Waals surface area contributed by atoms with Gasteiger partial charge in [-0.2, -0.15) is 0 Å². The average molecular weight is 155 g/mol. The van der Waals surface area contributed by atoms with Crippen LogP contribution in [0.2, 0.25) is 0 Å².